The number of aromatic nitrogens is 1. The van der Waals surface area contributed by atoms with Crippen LogP contribution in [0.5, 0.6) is 0 Å². The molecule has 6 nitrogen and oxygen atoms in total. The standard InChI is InChI=1S/C48H72N2O4Si2/c1-27(2)39-41(51)37-36-30(33-26-44(4,5)54-45(6,7)38(33)42(36)53-56(14,15)16)25-31-32-24-29-19-20-34-46(8,22-17-18-28(3)49)35(52-55(11,12)13)21-23-47(34,9)48(29,10)43(32)50(39)40(31)37/h17,22,25-26,28-29,34-35,38-39,42H,1,18-21,23-24,49H2,2-16H3/b22-17+/t28?,29?,34-,35-,38?,39-,42+,46-,47-,48+/m0/s1. The number of hydrogen-bond donors (Lipinski definition) is 1. The van der Waals surface area contributed by atoms with Crippen LogP contribution < -0.4 is 5.73 Å². The number of hydrogen-bond acceptors (Lipinski definition) is 5. The summed E-state index contributed by atoms with van der Waals surface area (Å²) in [6.45, 7) is 39.1. The first kappa shape index (κ1) is 40.7. The van der Waals surface area contributed by atoms with Crippen LogP contribution in [-0.2, 0) is 25.4 Å². The summed E-state index contributed by atoms with van der Waals surface area (Å²) in [6, 6.07) is 2.20. The van der Waals surface area contributed by atoms with Gasteiger partial charge in [-0.15, -0.1) is 0 Å². The second-order valence-corrected chi connectivity index (χ2v) is 31.8. The molecule has 306 valence electrons. The summed E-state index contributed by atoms with van der Waals surface area (Å²) < 4.78 is 23.8. The van der Waals surface area contributed by atoms with Crippen molar-refractivity contribution >= 4 is 38.9 Å². The number of Topliss-reactive ketones (excluding diaryl/α,β-unsaturated/α-hetero) is 1. The third-order valence-electron chi connectivity index (χ3n) is 15.5. The van der Waals surface area contributed by atoms with Crippen LogP contribution in [0, 0.1) is 28.6 Å². The van der Waals surface area contributed by atoms with E-state index in [0.29, 0.717) is 11.8 Å². The molecule has 8 rings (SSSR count). The number of ketones is 1. The van der Waals surface area contributed by atoms with Gasteiger partial charge in [-0.3, -0.25) is 4.79 Å². The molecular formula is C48H72N2O4Si2. The van der Waals surface area contributed by atoms with Crippen molar-refractivity contribution < 1.29 is 18.4 Å². The Hall–Kier alpha value is -2.08. The SMILES string of the molecule is C=C(C)[C@H]1C(=O)c2c3c(cc4c5c(n1c24)[C@@]1(C)C(CC[C@H]2[C@](C)(/C=C/CC(C)N)[C@@H](O[Si](C)(C)C)CC[C@@]21C)C5)C1=CC(C)(C)OC(C)(C)C1[C@@H]3O[Si](C)(C)C. The monoisotopic (exact) mass is 797 g/mol. The largest absolute Gasteiger partial charge is 0.414 e. The van der Waals surface area contributed by atoms with E-state index in [1.165, 1.54) is 40.6 Å². The van der Waals surface area contributed by atoms with Gasteiger partial charge in [0.2, 0.25) is 0 Å². The highest BCUT2D eigenvalue weighted by molar-refractivity contribution is 6.70. The van der Waals surface area contributed by atoms with Gasteiger partial charge in [-0.25, -0.2) is 0 Å². The Morgan fingerprint density at radius 2 is 1.70 bits per heavy atom. The average molecular weight is 797 g/mol. The highest BCUT2D eigenvalue weighted by Crippen LogP contribution is 2.72. The highest BCUT2D eigenvalue weighted by Gasteiger charge is 2.68. The van der Waals surface area contributed by atoms with Crippen LogP contribution in [-0.4, -0.2) is 50.3 Å². The quantitative estimate of drug-likeness (QED) is 0.213. The van der Waals surface area contributed by atoms with E-state index in [4.69, 9.17) is 19.3 Å². The lowest BCUT2D eigenvalue weighted by Gasteiger charge is -2.65. The molecule has 0 spiro atoms. The second kappa shape index (κ2) is 12.5. The highest BCUT2D eigenvalue weighted by atomic mass is 28.4. The van der Waals surface area contributed by atoms with Gasteiger partial charge in [-0.1, -0.05) is 45.1 Å². The lowest BCUT2D eigenvalue weighted by atomic mass is 9.40. The fourth-order valence-electron chi connectivity index (χ4n) is 13.7. The Kier molecular flexibility index (Phi) is 9.07. The van der Waals surface area contributed by atoms with Crippen LogP contribution in [0.4, 0.5) is 0 Å². The van der Waals surface area contributed by atoms with Gasteiger partial charge in [0.1, 0.15) is 6.04 Å². The molecule has 2 aliphatic heterocycles. The van der Waals surface area contributed by atoms with Gasteiger partial charge in [0.25, 0.3) is 0 Å². The average Bonchev–Trinajstić information content (AvgIpc) is 3.70. The van der Waals surface area contributed by atoms with Crippen LogP contribution in [0.3, 0.4) is 0 Å². The van der Waals surface area contributed by atoms with Crippen molar-refractivity contribution in [3.8, 4) is 0 Å². The van der Waals surface area contributed by atoms with Crippen LogP contribution in [0.25, 0.3) is 16.5 Å². The molecule has 3 heterocycles. The van der Waals surface area contributed by atoms with Crippen LogP contribution in [0.1, 0.15) is 139 Å². The van der Waals surface area contributed by atoms with Gasteiger partial charge in [0, 0.05) is 39.4 Å². The van der Waals surface area contributed by atoms with Gasteiger partial charge in [0.05, 0.1) is 34.5 Å². The number of benzene rings is 1. The Labute approximate surface area is 340 Å². The summed E-state index contributed by atoms with van der Waals surface area (Å²) >= 11 is 0. The van der Waals surface area contributed by atoms with E-state index in [1.807, 2.05) is 0 Å². The van der Waals surface area contributed by atoms with Gasteiger partial charge in [-0.2, -0.15) is 0 Å². The molecule has 56 heavy (non-hydrogen) atoms. The maximum absolute atomic E-state index is 15.4. The molecule has 2 aromatic rings. The maximum Gasteiger partial charge on any atom is 0.192 e. The first-order chi connectivity index (χ1) is 25.7. The number of nitrogens with zero attached hydrogens (tertiary/aromatic N) is 1. The molecular weight excluding hydrogens is 725 g/mol. The van der Waals surface area contributed by atoms with Crippen LogP contribution in [0.15, 0.2) is 36.4 Å². The summed E-state index contributed by atoms with van der Waals surface area (Å²) in [6.07, 6.45) is 13.6. The number of carbonyl (C=O) groups excluding carboxylic acids is 1. The van der Waals surface area contributed by atoms with E-state index in [1.54, 1.807) is 0 Å². The van der Waals surface area contributed by atoms with Crippen LogP contribution >= 0.6 is 0 Å². The van der Waals surface area contributed by atoms with Crippen molar-refractivity contribution in [3.05, 3.63) is 64.4 Å². The van der Waals surface area contributed by atoms with E-state index >= 15 is 4.79 Å². The zero-order valence-electron chi connectivity index (χ0n) is 37.5. The van der Waals surface area contributed by atoms with E-state index in [0.717, 1.165) is 47.9 Å². The number of allylic oxidation sites excluding steroid dienone is 1. The Morgan fingerprint density at radius 3 is 2.30 bits per heavy atom. The summed E-state index contributed by atoms with van der Waals surface area (Å²) in [5.41, 5.74) is 14.6. The topological polar surface area (TPSA) is 75.7 Å². The molecule has 0 radical (unpaired) electrons. The fourth-order valence-corrected chi connectivity index (χ4v) is 16.0. The van der Waals surface area contributed by atoms with Gasteiger partial charge in [0.15, 0.2) is 22.4 Å². The number of rotatable bonds is 8. The van der Waals surface area contributed by atoms with Crippen molar-refractivity contribution in [1.29, 1.82) is 0 Å². The summed E-state index contributed by atoms with van der Waals surface area (Å²) in [5.74, 6) is 1.12. The summed E-state index contributed by atoms with van der Waals surface area (Å²) in [7, 11) is -3.90. The number of carbonyl (C=O) groups is 1. The smallest absolute Gasteiger partial charge is 0.192 e. The van der Waals surface area contributed by atoms with Crippen molar-refractivity contribution in [2.75, 3.05) is 0 Å². The van der Waals surface area contributed by atoms with Crippen molar-refractivity contribution in [2.45, 2.75) is 181 Å². The number of nitrogens with two attached hydrogens (primary N) is 1. The summed E-state index contributed by atoms with van der Waals surface area (Å²) in [5, 5.41) is 1.28. The Balaban J connectivity index is 1.38. The predicted octanol–water partition coefficient (Wildman–Crippen LogP) is 11.6. The van der Waals surface area contributed by atoms with Crippen molar-refractivity contribution in [1.82, 2.24) is 4.57 Å². The van der Waals surface area contributed by atoms with E-state index in [-0.39, 0.29) is 46.2 Å². The first-order valence-corrected chi connectivity index (χ1v) is 28.6. The minimum absolute atomic E-state index is 0.000460. The minimum Gasteiger partial charge on any atom is -0.414 e. The molecule has 8 heteroatoms. The molecule has 1 aromatic carbocycles. The molecule has 2 saturated carbocycles. The van der Waals surface area contributed by atoms with Gasteiger partial charge in [-0.05, 0) is 165 Å². The predicted molar refractivity (Wildman–Crippen MR) is 236 cm³/mol. The zero-order valence-corrected chi connectivity index (χ0v) is 39.5. The van der Waals surface area contributed by atoms with E-state index < -0.39 is 33.9 Å². The molecule has 0 amide bonds. The van der Waals surface area contributed by atoms with E-state index in [2.05, 4.69) is 137 Å². The number of fused-ring (bicyclic) bond motifs is 11. The molecule has 10 atom stereocenters. The normalized spacial score (nSPS) is 37.3. The molecule has 6 aliphatic rings. The van der Waals surface area contributed by atoms with Crippen molar-refractivity contribution in [3.63, 3.8) is 0 Å². The Morgan fingerprint density at radius 1 is 1.04 bits per heavy atom. The molecule has 1 aromatic heterocycles. The van der Waals surface area contributed by atoms with Gasteiger partial charge >= 0.3 is 0 Å². The first-order valence-electron chi connectivity index (χ1n) is 21.8. The third-order valence-corrected chi connectivity index (χ3v) is 17.5. The second-order valence-electron chi connectivity index (χ2n) is 22.8. The van der Waals surface area contributed by atoms with E-state index in [9.17, 15) is 0 Å². The molecule has 2 fully saturated rings. The fraction of sp³-hybridized carbons (Fsp3) is 0.688. The zero-order chi connectivity index (χ0) is 41.1. The Bertz CT molecular complexity index is 2090. The molecule has 0 bridgehead atoms. The van der Waals surface area contributed by atoms with Gasteiger partial charge < -0.3 is 23.9 Å². The minimum atomic E-state index is -2.07. The molecule has 2 N–H and O–H groups in total. The maximum atomic E-state index is 15.4. The number of ether oxygens (including phenoxy) is 1. The lowest BCUT2D eigenvalue weighted by molar-refractivity contribution is -0.140. The van der Waals surface area contributed by atoms with Crippen LogP contribution in [0.2, 0.25) is 39.3 Å². The molecule has 3 unspecified atom stereocenters. The molecule has 4 aliphatic carbocycles. The lowest BCUT2D eigenvalue weighted by Crippen LogP contribution is -2.63. The molecule has 0 saturated heterocycles. The van der Waals surface area contributed by atoms with Crippen molar-refractivity contribution in [2.24, 2.45) is 34.3 Å². The summed E-state index contributed by atoms with van der Waals surface area (Å²) in [4.78, 5) is 15.4. The third kappa shape index (κ3) is 5.68.